The number of benzene rings is 2. The molecule has 3 aromatic rings. The van der Waals surface area contributed by atoms with Gasteiger partial charge in [-0.1, -0.05) is 60.7 Å². The Bertz CT molecular complexity index is 923. The van der Waals surface area contributed by atoms with E-state index in [0.717, 1.165) is 30.8 Å². The molecule has 0 fully saturated rings. The number of aryl methyl sites for hydroxylation is 1. The highest BCUT2D eigenvalue weighted by molar-refractivity contribution is 5.89. The van der Waals surface area contributed by atoms with Crippen molar-refractivity contribution in [1.82, 2.24) is 14.7 Å². The Labute approximate surface area is 181 Å². The second-order valence-electron chi connectivity index (χ2n) is 7.05. The van der Waals surface area contributed by atoms with E-state index < -0.39 is 11.9 Å². The van der Waals surface area contributed by atoms with Gasteiger partial charge in [0.25, 0.3) is 0 Å². The second-order valence-corrected chi connectivity index (χ2v) is 7.05. The lowest BCUT2D eigenvalue weighted by Gasteiger charge is -2.08. The monoisotopic (exact) mass is 421 g/mol. The molecule has 0 unspecified atom stereocenters. The number of hydrogen-bond donors (Lipinski definition) is 2. The van der Waals surface area contributed by atoms with E-state index >= 15 is 0 Å². The average molecular weight is 421 g/mol. The predicted molar refractivity (Wildman–Crippen MR) is 121 cm³/mol. The van der Waals surface area contributed by atoms with Crippen LogP contribution in [0.5, 0.6) is 0 Å². The smallest absolute Gasteiger partial charge is 0.328 e. The van der Waals surface area contributed by atoms with Crippen LogP contribution in [0.25, 0.3) is 22.4 Å². The maximum absolute atomic E-state index is 9.55. The highest BCUT2D eigenvalue weighted by Gasteiger charge is 2.12. The Morgan fingerprint density at radius 1 is 0.903 bits per heavy atom. The molecule has 0 aliphatic rings. The third-order valence-electron chi connectivity index (χ3n) is 4.25. The van der Waals surface area contributed by atoms with Crippen molar-refractivity contribution in [2.75, 3.05) is 20.6 Å². The molecule has 0 aliphatic heterocycles. The van der Waals surface area contributed by atoms with Gasteiger partial charge in [-0.05, 0) is 32.6 Å². The minimum absolute atomic E-state index is 0.558. The number of nitrogens with zero attached hydrogens (tertiary/aromatic N) is 3. The zero-order valence-electron chi connectivity index (χ0n) is 17.7. The van der Waals surface area contributed by atoms with Crippen molar-refractivity contribution in [3.8, 4) is 22.4 Å². The van der Waals surface area contributed by atoms with Gasteiger partial charge in [0.2, 0.25) is 0 Å². The summed E-state index contributed by atoms with van der Waals surface area (Å²) in [6.45, 7) is 2.01. The maximum Gasteiger partial charge on any atom is 0.328 e. The highest BCUT2D eigenvalue weighted by Crippen LogP contribution is 2.30. The first kappa shape index (κ1) is 23.6. The van der Waals surface area contributed by atoms with Gasteiger partial charge < -0.3 is 15.1 Å². The van der Waals surface area contributed by atoms with E-state index in [0.29, 0.717) is 12.2 Å². The van der Waals surface area contributed by atoms with Crippen molar-refractivity contribution in [1.29, 1.82) is 0 Å². The number of carbonyl (C=O) groups is 2. The lowest BCUT2D eigenvalue weighted by atomic mass is 10.0. The summed E-state index contributed by atoms with van der Waals surface area (Å²) in [5.41, 5.74) is 4.63. The van der Waals surface area contributed by atoms with Crippen LogP contribution in [0, 0.1) is 0 Å². The maximum atomic E-state index is 9.55. The van der Waals surface area contributed by atoms with Gasteiger partial charge in [0.1, 0.15) is 5.69 Å². The van der Waals surface area contributed by atoms with Crippen LogP contribution in [0.2, 0.25) is 0 Å². The van der Waals surface area contributed by atoms with E-state index in [1.54, 1.807) is 0 Å². The van der Waals surface area contributed by atoms with Gasteiger partial charge in [-0.25, -0.2) is 9.59 Å². The van der Waals surface area contributed by atoms with Gasteiger partial charge in [-0.15, -0.1) is 0 Å². The van der Waals surface area contributed by atoms with Crippen molar-refractivity contribution < 1.29 is 19.8 Å². The molecule has 31 heavy (non-hydrogen) atoms. The lowest BCUT2D eigenvalue weighted by Crippen LogP contribution is -2.15. The van der Waals surface area contributed by atoms with Crippen LogP contribution in [0.4, 0.5) is 0 Å². The van der Waals surface area contributed by atoms with E-state index in [9.17, 15) is 9.59 Å². The summed E-state index contributed by atoms with van der Waals surface area (Å²) in [5, 5.41) is 20.5. The van der Waals surface area contributed by atoms with Gasteiger partial charge in [0.15, 0.2) is 0 Å². The molecule has 0 radical (unpaired) electrons. The zero-order chi connectivity index (χ0) is 22.6. The van der Waals surface area contributed by atoms with E-state index in [1.165, 1.54) is 11.1 Å². The molecule has 0 spiro atoms. The third-order valence-corrected chi connectivity index (χ3v) is 4.25. The van der Waals surface area contributed by atoms with Crippen molar-refractivity contribution in [3.05, 3.63) is 79.0 Å². The van der Waals surface area contributed by atoms with Crippen LogP contribution in [0.3, 0.4) is 0 Å². The quantitative estimate of drug-likeness (QED) is 0.536. The van der Waals surface area contributed by atoms with Gasteiger partial charge in [0, 0.05) is 36.0 Å². The van der Waals surface area contributed by atoms with Crippen LogP contribution < -0.4 is 0 Å². The van der Waals surface area contributed by atoms with Crippen molar-refractivity contribution in [2.45, 2.75) is 13.0 Å². The molecular formula is C24H27N3O4. The molecule has 0 bridgehead atoms. The minimum atomic E-state index is -1.26. The van der Waals surface area contributed by atoms with E-state index in [2.05, 4.69) is 78.4 Å². The van der Waals surface area contributed by atoms with Crippen LogP contribution >= 0.6 is 0 Å². The summed E-state index contributed by atoms with van der Waals surface area (Å²) in [6, 6.07) is 20.9. The molecule has 1 heterocycles. The molecule has 0 aliphatic carbocycles. The Morgan fingerprint density at radius 3 is 1.90 bits per heavy atom. The first-order valence-electron chi connectivity index (χ1n) is 9.83. The number of aromatic nitrogens is 2. The molecule has 7 nitrogen and oxygen atoms in total. The summed E-state index contributed by atoms with van der Waals surface area (Å²) in [6.07, 6.45) is 4.38. The van der Waals surface area contributed by atoms with Gasteiger partial charge in [0.05, 0.1) is 0 Å². The molecule has 162 valence electrons. The zero-order valence-corrected chi connectivity index (χ0v) is 17.7. The number of aliphatic carboxylic acids is 2. The number of rotatable bonds is 8. The Balaban J connectivity index is 0.000000366. The molecule has 0 amide bonds. The normalized spacial score (nSPS) is 10.7. The molecule has 3 rings (SSSR count). The predicted octanol–water partition coefficient (Wildman–Crippen LogP) is 3.88. The number of hydrogen-bond acceptors (Lipinski definition) is 4. The highest BCUT2D eigenvalue weighted by atomic mass is 16.4. The topological polar surface area (TPSA) is 95.7 Å². The summed E-state index contributed by atoms with van der Waals surface area (Å²) < 4.78 is 2.08. The average Bonchev–Trinajstić information content (AvgIpc) is 3.18. The SMILES string of the molecule is CN(C)CCCn1cc(-c2ccccc2)c(-c2ccccc2)n1.O=C(O)C=CC(=O)O. The van der Waals surface area contributed by atoms with E-state index in [4.69, 9.17) is 15.3 Å². The molecule has 0 saturated heterocycles. The molecular weight excluding hydrogens is 394 g/mol. The molecule has 1 aromatic heterocycles. The second kappa shape index (κ2) is 12.1. The first-order chi connectivity index (χ1) is 14.9. The van der Waals surface area contributed by atoms with Crippen molar-refractivity contribution in [3.63, 3.8) is 0 Å². The van der Waals surface area contributed by atoms with Gasteiger partial charge >= 0.3 is 11.9 Å². The Kier molecular flexibility index (Phi) is 9.19. The Hall–Kier alpha value is -3.71. The molecule has 2 N–H and O–H groups in total. The fourth-order valence-electron chi connectivity index (χ4n) is 2.87. The lowest BCUT2D eigenvalue weighted by molar-refractivity contribution is -0.134. The standard InChI is InChI=1S/C20H23N3.C4H4O4/c1-22(2)14-9-15-23-16-19(17-10-5-3-6-11-17)20(21-23)18-12-7-4-8-13-18;5-3(6)1-2-4(7)8/h3-8,10-13,16H,9,14-15H2,1-2H3;1-2H,(H,5,6)(H,7,8). The first-order valence-corrected chi connectivity index (χ1v) is 9.83. The third kappa shape index (κ3) is 8.28. The van der Waals surface area contributed by atoms with Crippen molar-refractivity contribution >= 4 is 11.9 Å². The summed E-state index contributed by atoms with van der Waals surface area (Å²) in [5.74, 6) is -2.51. The van der Waals surface area contributed by atoms with E-state index in [-0.39, 0.29) is 0 Å². The molecule has 2 aromatic carbocycles. The minimum Gasteiger partial charge on any atom is -0.478 e. The number of carboxylic acids is 2. The van der Waals surface area contributed by atoms with Crippen LogP contribution in [-0.2, 0) is 16.1 Å². The summed E-state index contributed by atoms with van der Waals surface area (Å²) >= 11 is 0. The Morgan fingerprint density at radius 2 is 1.42 bits per heavy atom. The fraction of sp³-hybridized carbons (Fsp3) is 0.208. The van der Waals surface area contributed by atoms with Gasteiger partial charge in [-0.3, -0.25) is 4.68 Å². The van der Waals surface area contributed by atoms with E-state index in [1.807, 2.05) is 12.1 Å². The van der Waals surface area contributed by atoms with Gasteiger partial charge in [-0.2, -0.15) is 5.10 Å². The van der Waals surface area contributed by atoms with Crippen LogP contribution in [0.1, 0.15) is 6.42 Å². The van der Waals surface area contributed by atoms with Crippen molar-refractivity contribution in [2.24, 2.45) is 0 Å². The summed E-state index contributed by atoms with van der Waals surface area (Å²) in [4.78, 5) is 21.3. The van der Waals surface area contributed by atoms with Crippen LogP contribution in [-0.4, -0.2) is 57.5 Å². The molecule has 7 heteroatoms. The molecule has 0 atom stereocenters. The largest absolute Gasteiger partial charge is 0.478 e. The molecule has 0 saturated carbocycles. The fourth-order valence-corrected chi connectivity index (χ4v) is 2.87. The summed E-state index contributed by atoms with van der Waals surface area (Å²) in [7, 11) is 4.21. The van der Waals surface area contributed by atoms with Crippen LogP contribution in [0.15, 0.2) is 79.0 Å². The number of carboxylic acid groups (broad SMARTS) is 2.